The van der Waals surface area contributed by atoms with E-state index in [4.69, 9.17) is 15.2 Å². The molecule has 3 heteroatoms. The lowest BCUT2D eigenvalue weighted by atomic mass is 9.70. The SMILES string of the molecule is COc1ccccc1OC1CC(C(C)(C)C)CCC1N. The zero-order chi connectivity index (χ0) is 14.8. The standard InChI is InChI=1S/C17H27NO2/c1-17(2,3)12-9-10-13(18)16(11-12)20-15-8-6-5-7-14(15)19-4/h5-8,12-13,16H,9-11,18H2,1-4H3. The summed E-state index contributed by atoms with van der Waals surface area (Å²) in [5, 5.41) is 0. The number of ether oxygens (including phenoxy) is 2. The third kappa shape index (κ3) is 3.45. The second kappa shape index (κ2) is 6.04. The van der Waals surface area contributed by atoms with Crippen molar-refractivity contribution in [3.05, 3.63) is 24.3 Å². The maximum atomic E-state index is 6.26. The van der Waals surface area contributed by atoms with Crippen molar-refractivity contribution < 1.29 is 9.47 Å². The van der Waals surface area contributed by atoms with Crippen molar-refractivity contribution in [3.63, 3.8) is 0 Å². The Morgan fingerprint density at radius 1 is 1.10 bits per heavy atom. The van der Waals surface area contributed by atoms with Gasteiger partial charge < -0.3 is 15.2 Å². The maximum Gasteiger partial charge on any atom is 0.161 e. The second-order valence-electron chi connectivity index (χ2n) is 6.85. The van der Waals surface area contributed by atoms with Crippen molar-refractivity contribution in [2.24, 2.45) is 17.1 Å². The van der Waals surface area contributed by atoms with E-state index in [9.17, 15) is 0 Å². The van der Waals surface area contributed by atoms with Gasteiger partial charge in [-0.3, -0.25) is 0 Å². The van der Waals surface area contributed by atoms with E-state index in [0.29, 0.717) is 11.3 Å². The summed E-state index contributed by atoms with van der Waals surface area (Å²) in [5.41, 5.74) is 6.57. The van der Waals surface area contributed by atoms with Gasteiger partial charge in [0.25, 0.3) is 0 Å². The molecule has 1 saturated carbocycles. The van der Waals surface area contributed by atoms with Crippen LogP contribution in [0.1, 0.15) is 40.0 Å². The number of para-hydroxylation sites is 2. The van der Waals surface area contributed by atoms with Gasteiger partial charge in [-0.05, 0) is 42.7 Å². The van der Waals surface area contributed by atoms with Crippen molar-refractivity contribution >= 4 is 0 Å². The van der Waals surface area contributed by atoms with E-state index in [1.807, 2.05) is 24.3 Å². The van der Waals surface area contributed by atoms with Gasteiger partial charge in [-0.2, -0.15) is 0 Å². The van der Waals surface area contributed by atoms with Gasteiger partial charge in [0.05, 0.1) is 7.11 Å². The zero-order valence-corrected chi connectivity index (χ0v) is 13.1. The monoisotopic (exact) mass is 277 g/mol. The molecular weight excluding hydrogens is 250 g/mol. The van der Waals surface area contributed by atoms with Crippen molar-refractivity contribution in [3.8, 4) is 11.5 Å². The van der Waals surface area contributed by atoms with Crippen LogP contribution in [-0.4, -0.2) is 19.3 Å². The van der Waals surface area contributed by atoms with Gasteiger partial charge in [0, 0.05) is 6.04 Å². The molecule has 2 N–H and O–H groups in total. The molecule has 2 rings (SSSR count). The Kier molecular flexibility index (Phi) is 4.59. The lowest BCUT2D eigenvalue weighted by Gasteiger charge is -2.40. The van der Waals surface area contributed by atoms with Crippen molar-refractivity contribution in [1.29, 1.82) is 0 Å². The van der Waals surface area contributed by atoms with Crippen LogP contribution >= 0.6 is 0 Å². The molecule has 0 saturated heterocycles. The molecule has 0 bridgehead atoms. The van der Waals surface area contributed by atoms with Crippen LogP contribution in [0.2, 0.25) is 0 Å². The molecule has 1 aliphatic carbocycles. The molecule has 0 amide bonds. The molecule has 0 heterocycles. The zero-order valence-electron chi connectivity index (χ0n) is 13.1. The summed E-state index contributed by atoms with van der Waals surface area (Å²) in [5.74, 6) is 2.23. The van der Waals surface area contributed by atoms with Crippen molar-refractivity contribution in [2.75, 3.05) is 7.11 Å². The minimum absolute atomic E-state index is 0.0734. The fourth-order valence-electron chi connectivity index (χ4n) is 2.95. The van der Waals surface area contributed by atoms with E-state index < -0.39 is 0 Å². The predicted octanol–water partition coefficient (Wildman–Crippen LogP) is 3.62. The summed E-state index contributed by atoms with van der Waals surface area (Å²) in [7, 11) is 1.67. The van der Waals surface area contributed by atoms with Gasteiger partial charge in [-0.15, -0.1) is 0 Å². The Morgan fingerprint density at radius 3 is 2.35 bits per heavy atom. The first-order valence-corrected chi connectivity index (χ1v) is 7.47. The number of nitrogens with two attached hydrogens (primary N) is 1. The Labute approximate surface area is 122 Å². The Hall–Kier alpha value is -1.22. The third-order valence-electron chi connectivity index (χ3n) is 4.41. The molecular formula is C17H27NO2. The van der Waals surface area contributed by atoms with Gasteiger partial charge in [0.15, 0.2) is 11.5 Å². The highest BCUT2D eigenvalue weighted by Gasteiger charge is 2.35. The largest absolute Gasteiger partial charge is 0.493 e. The van der Waals surface area contributed by atoms with Crippen LogP contribution in [0.4, 0.5) is 0 Å². The topological polar surface area (TPSA) is 44.5 Å². The Balaban J connectivity index is 2.10. The quantitative estimate of drug-likeness (QED) is 0.917. The van der Waals surface area contributed by atoms with Crippen LogP contribution in [0.25, 0.3) is 0 Å². The smallest absolute Gasteiger partial charge is 0.161 e. The van der Waals surface area contributed by atoms with E-state index in [-0.39, 0.29) is 12.1 Å². The van der Waals surface area contributed by atoms with Crippen LogP contribution in [0, 0.1) is 11.3 Å². The summed E-state index contributed by atoms with van der Waals surface area (Å²) in [4.78, 5) is 0. The summed E-state index contributed by atoms with van der Waals surface area (Å²) in [6, 6.07) is 7.90. The first kappa shape index (κ1) is 15.2. The molecule has 0 spiro atoms. The lowest BCUT2D eigenvalue weighted by molar-refractivity contribution is 0.0574. The minimum atomic E-state index is 0.0734. The summed E-state index contributed by atoms with van der Waals surface area (Å²) >= 11 is 0. The molecule has 0 radical (unpaired) electrons. The number of methoxy groups -OCH3 is 1. The van der Waals surface area contributed by atoms with Gasteiger partial charge in [-0.1, -0.05) is 32.9 Å². The number of hydrogen-bond donors (Lipinski definition) is 1. The molecule has 3 unspecified atom stereocenters. The first-order valence-electron chi connectivity index (χ1n) is 7.47. The molecule has 112 valence electrons. The van der Waals surface area contributed by atoms with Gasteiger partial charge >= 0.3 is 0 Å². The molecule has 3 nitrogen and oxygen atoms in total. The van der Waals surface area contributed by atoms with Crippen molar-refractivity contribution in [1.82, 2.24) is 0 Å². The van der Waals surface area contributed by atoms with Crippen LogP contribution in [0.3, 0.4) is 0 Å². The van der Waals surface area contributed by atoms with Crippen molar-refractivity contribution in [2.45, 2.75) is 52.2 Å². The van der Waals surface area contributed by atoms with Crippen LogP contribution in [0.5, 0.6) is 11.5 Å². The van der Waals surface area contributed by atoms with E-state index >= 15 is 0 Å². The fraction of sp³-hybridized carbons (Fsp3) is 0.647. The highest BCUT2D eigenvalue weighted by Crippen LogP contribution is 2.39. The molecule has 1 aromatic rings. The molecule has 0 aromatic heterocycles. The average molecular weight is 277 g/mol. The molecule has 1 fully saturated rings. The first-order chi connectivity index (χ1) is 9.41. The van der Waals surface area contributed by atoms with Crippen LogP contribution in [0.15, 0.2) is 24.3 Å². The van der Waals surface area contributed by atoms with E-state index in [1.54, 1.807) is 7.11 Å². The van der Waals surface area contributed by atoms with E-state index in [2.05, 4.69) is 20.8 Å². The van der Waals surface area contributed by atoms with Crippen LogP contribution in [-0.2, 0) is 0 Å². The minimum Gasteiger partial charge on any atom is -0.493 e. The predicted molar refractivity (Wildman–Crippen MR) is 82.2 cm³/mol. The van der Waals surface area contributed by atoms with Crippen LogP contribution < -0.4 is 15.2 Å². The Bertz CT molecular complexity index is 439. The molecule has 1 aliphatic rings. The normalized spacial score (nSPS) is 27.1. The fourth-order valence-corrected chi connectivity index (χ4v) is 2.95. The van der Waals surface area contributed by atoms with Gasteiger partial charge in [0.1, 0.15) is 6.10 Å². The van der Waals surface area contributed by atoms with Gasteiger partial charge in [0.2, 0.25) is 0 Å². The summed E-state index contributed by atoms with van der Waals surface area (Å²) in [6.07, 6.45) is 3.31. The summed E-state index contributed by atoms with van der Waals surface area (Å²) < 4.78 is 11.5. The highest BCUT2D eigenvalue weighted by atomic mass is 16.5. The van der Waals surface area contributed by atoms with Gasteiger partial charge in [-0.25, -0.2) is 0 Å². The molecule has 0 aliphatic heterocycles. The number of rotatable bonds is 3. The average Bonchev–Trinajstić information content (AvgIpc) is 2.40. The lowest BCUT2D eigenvalue weighted by Crippen LogP contribution is -2.46. The summed E-state index contributed by atoms with van der Waals surface area (Å²) in [6.45, 7) is 6.90. The highest BCUT2D eigenvalue weighted by molar-refractivity contribution is 5.39. The molecule has 20 heavy (non-hydrogen) atoms. The maximum absolute atomic E-state index is 6.26. The third-order valence-corrected chi connectivity index (χ3v) is 4.41. The molecule has 3 atom stereocenters. The second-order valence-corrected chi connectivity index (χ2v) is 6.85. The Morgan fingerprint density at radius 2 is 1.75 bits per heavy atom. The van der Waals surface area contributed by atoms with E-state index in [1.165, 1.54) is 6.42 Å². The number of hydrogen-bond acceptors (Lipinski definition) is 3. The number of benzene rings is 1. The van der Waals surface area contributed by atoms with E-state index in [0.717, 1.165) is 24.3 Å². The molecule has 1 aromatic carbocycles.